The molecule has 1 aromatic carbocycles. The molecule has 2 rings (SSSR count). The van der Waals surface area contributed by atoms with Gasteiger partial charge in [-0.2, -0.15) is 11.8 Å². The van der Waals surface area contributed by atoms with Crippen molar-refractivity contribution in [3.8, 4) is 0 Å². The van der Waals surface area contributed by atoms with Crippen molar-refractivity contribution in [1.29, 1.82) is 0 Å². The van der Waals surface area contributed by atoms with Crippen molar-refractivity contribution in [1.82, 2.24) is 10.6 Å². The standard InChI is InChI=1S/C18H24N2O4S/c1-12-3-5-14(6-4-12)15(19-13(2)21)11-16(22)20-18(17(23)24)7-9-25-10-8-18/h3-6,15H,7-11H2,1-2H3,(H,19,21)(H,20,22)(H,23,24). The summed E-state index contributed by atoms with van der Waals surface area (Å²) < 4.78 is 0. The Morgan fingerprint density at radius 2 is 1.80 bits per heavy atom. The topological polar surface area (TPSA) is 95.5 Å². The van der Waals surface area contributed by atoms with Gasteiger partial charge in [-0.3, -0.25) is 9.59 Å². The minimum atomic E-state index is -1.20. The predicted molar refractivity (Wildman–Crippen MR) is 97.4 cm³/mol. The smallest absolute Gasteiger partial charge is 0.329 e. The molecule has 3 N–H and O–H groups in total. The molecule has 1 atom stereocenters. The number of aliphatic carboxylic acids is 1. The maximum Gasteiger partial charge on any atom is 0.329 e. The number of rotatable bonds is 6. The van der Waals surface area contributed by atoms with Crippen LogP contribution in [0.1, 0.15) is 43.4 Å². The van der Waals surface area contributed by atoms with Gasteiger partial charge in [-0.05, 0) is 36.8 Å². The molecule has 1 aromatic rings. The fourth-order valence-electron chi connectivity index (χ4n) is 2.91. The highest BCUT2D eigenvalue weighted by Gasteiger charge is 2.41. The number of nitrogens with one attached hydrogen (secondary N) is 2. The lowest BCUT2D eigenvalue weighted by atomic mass is 9.91. The van der Waals surface area contributed by atoms with E-state index in [-0.39, 0.29) is 18.2 Å². The van der Waals surface area contributed by atoms with E-state index in [9.17, 15) is 19.5 Å². The second-order valence-electron chi connectivity index (χ2n) is 6.42. The van der Waals surface area contributed by atoms with Gasteiger partial charge >= 0.3 is 5.97 Å². The van der Waals surface area contributed by atoms with Gasteiger partial charge in [-0.1, -0.05) is 29.8 Å². The van der Waals surface area contributed by atoms with E-state index in [0.29, 0.717) is 24.3 Å². The van der Waals surface area contributed by atoms with E-state index in [2.05, 4.69) is 10.6 Å². The van der Waals surface area contributed by atoms with Crippen LogP contribution in [0.25, 0.3) is 0 Å². The van der Waals surface area contributed by atoms with Crippen LogP contribution in [0.3, 0.4) is 0 Å². The first-order valence-electron chi connectivity index (χ1n) is 8.28. The van der Waals surface area contributed by atoms with E-state index >= 15 is 0 Å². The Balaban J connectivity index is 2.11. The van der Waals surface area contributed by atoms with Crippen molar-refractivity contribution in [3.05, 3.63) is 35.4 Å². The van der Waals surface area contributed by atoms with Crippen molar-refractivity contribution < 1.29 is 19.5 Å². The first-order valence-corrected chi connectivity index (χ1v) is 9.44. The lowest BCUT2D eigenvalue weighted by molar-refractivity contribution is -0.148. The minimum absolute atomic E-state index is 0.00478. The summed E-state index contributed by atoms with van der Waals surface area (Å²) in [5.74, 6) is -0.180. The number of amides is 2. The normalized spacial score (nSPS) is 17.4. The molecule has 1 aliphatic rings. The first-order chi connectivity index (χ1) is 11.8. The highest BCUT2D eigenvalue weighted by molar-refractivity contribution is 7.99. The zero-order valence-electron chi connectivity index (χ0n) is 14.5. The van der Waals surface area contributed by atoms with Gasteiger partial charge in [0.05, 0.1) is 12.5 Å². The zero-order valence-corrected chi connectivity index (χ0v) is 15.3. The average Bonchev–Trinajstić information content (AvgIpc) is 2.55. The Hall–Kier alpha value is -2.02. The fourth-order valence-corrected chi connectivity index (χ4v) is 4.10. The summed E-state index contributed by atoms with van der Waals surface area (Å²) in [7, 11) is 0. The zero-order chi connectivity index (χ0) is 18.4. The monoisotopic (exact) mass is 364 g/mol. The molecule has 2 amide bonds. The van der Waals surface area contributed by atoms with Gasteiger partial charge in [0.25, 0.3) is 0 Å². The Morgan fingerprint density at radius 1 is 1.20 bits per heavy atom. The number of hydrogen-bond donors (Lipinski definition) is 3. The van der Waals surface area contributed by atoms with Crippen LogP contribution < -0.4 is 10.6 Å². The third-order valence-corrected chi connectivity index (χ3v) is 5.37. The van der Waals surface area contributed by atoms with E-state index in [0.717, 1.165) is 11.1 Å². The summed E-state index contributed by atoms with van der Waals surface area (Å²) in [4.78, 5) is 35.7. The van der Waals surface area contributed by atoms with Crippen molar-refractivity contribution in [2.24, 2.45) is 0 Å². The van der Waals surface area contributed by atoms with Gasteiger partial charge in [0.1, 0.15) is 5.54 Å². The quantitative estimate of drug-likeness (QED) is 0.718. The maximum absolute atomic E-state index is 12.5. The highest BCUT2D eigenvalue weighted by atomic mass is 32.2. The minimum Gasteiger partial charge on any atom is -0.480 e. The molecule has 1 saturated heterocycles. The predicted octanol–water partition coefficient (Wildman–Crippen LogP) is 2.03. The number of benzene rings is 1. The van der Waals surface area contributed by atoms with Crippen LogP contribution in [0, 0.1) is 6.92 Å². The van der Waals surface area contributed by atoms with Gasteiger partial charge in [-0.15, -0.1) is 0 Å². The molecule has 0 spiro atoms. The summed E-state index contributed by atoms with van der Waals surface area (Å²) >= 11 is 1.69. The molecule has 25 heavy (non-hydrogen) atoms. The molecule has 0 saturated carbocycles. The number of carboxylic acid groups (broad SMARTS) is 1. The fraction of sp³-hybridized carbons (Fsp3) is 0.500. The second kappa shape index (κ2) is 8.38. The number of hydrogen-bond acceptors (Lipinski definition) is 4. The SMILES string of the molecule is CC(=O)NC(CC(=O)NC1(C(=O)O)CCSCC1)c1ccc(C)cc1. The molecule has 0 aromatic heterocycles. The molecule has 1 fully saturated rings. The summed E-state index contributed by atoms with van der Waals surface area (Å²) in [5, 5.41) is 15.1. The Labute approximate surface area is 151 Å². The molecule has 7 heteroatoms. The van der Waals surface area contributed by atoms with Crippen LogP contribution in [0.15, 0.2) is 24.3 Å². The van der Waals surface area contributed by atoms with Crippen molar-refractivity contribution in [2.75, 3.05) is 11.5 Å². The lowest BCUT2D eigenvalue weighted by Crippen LogP contribution is -2.57. The third-order valence-electron chi connectivity index (χ3n) is 4.38. The van der Waals surface area contributed by atoms with Gasteiger partial charge in [0.2, 0.25) is 11.8 Å². The van der Waals surface area contributed by atoms with Crippen LogP contribution >= 0.6 is 11.8 Å². The maximum atomic E-state index is 12.5. The Kier molecular flexibility index (Phi) is 6.47. The molecular weight excluding hydrogens is 340 g/mol. The van der Waals surface area contributed by atoms with Crippen LogP contribution in [0.4, 0.5) is 0 Å². The molecule has 1 heterocycles. The molecule has 136 valence electrons. The van der Waals surface area contributed by atoms with Crippen LogP contribution in [0.2, 0.25) is 0 Å². The van der Waals surface area contributed by atoms with Crippen molar-refractivity contribution >= 4 is 29.5 Å². The summed E-state index contributed by atoms with van der Waals surface area (Å²) in [6, 6.07) is 7.08. The number of thioether (sulfide) groups is 1. The van der Waals surface area contributed by atoms with Gasteiger partial charge in [-0.25, -0.2) is 4.79 Å². The van der Waals surface area contributed by atoms with E-state index in [1.165, 1.54) is 6.92 Å². The second-order valence-corrected chi connectivity index (χ2v) is 7.64. The molecule has 0 aliphatic carbocycles. The summed E-state index contributed by atoms with van der Waals surface area (Å²) in [5.41, 5.74) is 0.704. The van der Waals surface area contributed by atoms with Gasteiger partial charge < -0.3 is 15.7 Å². The largest absolute Gasteiger partial charge is 0.480 e. The molecule has 0 radical (unpaired) electrons. The van der Waals surface area contributed by atoms with Crippen LogP contribution in [-0.2, 0) is 14.4 Å². The van der Waals surface area contributed by atoms with Crippen LogP contribution in [-0.4, -0.2) is 39.9 Å². The molecule has 0 bridgehead atoms. The number of carboxylic acids is 1. The molecular formula is C18H24N2O4S. The average molecular weight is 364 g/mol. The van der Waals surface area contributed by atoms with Gasteiger partial charge in [0.15, 0.2) is 0 Å². The van der Waals surface area contributed by atoms with E-state index in [1.54, 1.807) is 11.8 Å². The molecule has 6 nitrogen and oxygen atoms in total. The Morgan fingerprint density at radius 3 is 2.32 bits per heavy atom. The van der Waals surface area contributed by atoms with E-state index in [1.807, 2.05) is 31.2 Å². The lowest BCUT2D eigenvalue weighted by Gasteiger charge is -2.34. The number of carbonyl (C=O) groups is 3. The summed E-state index contributed by atoms with van der Waals surface area (Å²) in [6.07, 6.45) is 0.826. The van der Waals surface area contributed by atoms with Crippen molar-refractivity contribution in [2.45, 2.75) is 44.7 Å². The van der Waals surface area contributed by atoms with Crippen LogP contribution in [0.5, 0.6) is 0 Å². The van der Waals surface area contributed by atoms with Gasteiger partial charge in [0, 0.05) is 6.92 Å². The highest BCUT2D eigenvalue weighted by Crippen LogP contribution is 2.28. The number of carbonyl (C=O) groups excluding carboxylic acids is 2. The molecule has 1 aliphatic heterocycles. The summed E-state index contributed by atoms with van der Waals surface area (Å²) in [6.45, 7) is 3.36. The van der Waals surface area contributed by atoms with Crippen molar-refractivity contribution in [3.63, 3.8) is 0 Å². The van der Waals surface area contributed by atoms with E-state index in [4.69, 9.17) is 0 Å². The first kappa shape index (κ1) is 19.3. The Bertz CT molecular complexity index is 639. The molecule has 1 unspecified atom stereocenters. The third kappa shape index (κ3) is 5.22. The number of aryl methyl sites for hydroxylation is 1. The van der Waals surface area contributed by atoms with E-state index < -0.39 is 17.6 Å².